The molecule has 2 N–H and O–H groups in total. The molecule has 2 aromatic heterocycles. The number of aromatic nitrogens is 3. The Morgan fingerprint density at radius 3 is 2.76 bits per heavy atom. The molecule has 0 atom stereocenters. The van der Waals surface area contributed by atoms with Crippen molar-refractivity contribution in [1.82, 2.24) is 30.3 Å². The van der Waals surface area contributed by atoms with E-state index in [2.05, 4.69) is 25.6 Å². The molecule has 9 heteroatoms. The van der Waals surface area contributed by atoms with E-state index < -0.39 is 0 Å². The number of hydrogen-bond acceptors (Lipinski definition) is 5. The molecule has 0 bridgehead atoms. The third-order valence-corrected chi connectivity index (χ3v) is 3.89. The molecule has 0 radical (unpaired) electrons. The highest BCUT2D eigenvalue weighted by molar-refractivity contribution is 5.92. The molecule has 0 spiro atoms. The number of halogens is 2. The van der Waals surface area contributed by atoms with E-state index in [9.17, 15) is 4.79 Å². The molecule has 1 amide bonds. The molecule has 138 valence electrons. The molecule has 3 heterocycles. The van der Waals surface area contributed by atoms with Crippen molar-refractivity contribution >= 4 is 30.7 Å². The van der Waals surface area contributed by atoms with Crippen molar-refractivity contribution in [1.29, 1.82) is 0 Å². The van der Waals surface area contributed by atoms with Gasteiger partial charge in [0, 0.05) is 51.3 Å². The van der Waals surface area contributed by atoms with Gasteiger partial charge in [-0.15, -0.1) is 24.8 Å². The van der Waals surface area contributed by atoms with E-state index in [-0.39, 0.29) is 30.7 Å². The number of hydrogen-bond donors (Lipinski definition) is 2. The van der Waals surface area contributed by atoms with Crippen LogP contribution in [-0.2, 0) is 0 Å². The number of carbonyl (C=O) groups is 1. The predicted octanol–water partition coefficient (Wildman–Crippen LogP) is 1.14. The maximum atomic E-state index is 12.2. The van der Waals surface area contributed by atoms with Gasteiger partial charge < -0.3 is 15.5 Å². The zero-order valence-electron chi connectivity index (χ0n) is 13.9. The summed E-state index contributed by atoms with van der Waals surface area (Å²) in [6.07, 6.45) is 6.12. The van der Waals surface area contributed by atoms with Crippen LogP contribution in [0.4, 0.5) is 0 Å². The Hall–Kier alpha value is -1.67. The molecule has 3 rings (SSSR count). The van der Waals surface area contributed by atoms with Gasteiger partial charge in [-0.25, -0.2) is 4.68 Å². The molecular formula is C16H24Cl2N6O. The molecule has 0 unspecified atom stereocenters. The normalized spacial score (nSPS) is 14.2. The molecule has 0 aromatic carbocycles. The molecule has 0 saturated carbocycles. The summed E-state index contributed by atoms with van der Waals surface area (Å²) in [5.41, 5.74) is 1.25. The lowest BCUT2D eigenvalue weighted by Gasteiger charge is -2.27. The highest BCUT2D eigenvalue weighted by Crippen LogP contribution is 2.07. The first kappa shape index (κ1) is 21.4. The second kappa shape index (κ2) is 11.0. The fourth-order valence-electron chi connectivity index (χ4n) is 2.64. The number of rotatable bonds is 6. The average molecular weight is 387 g/mol. The molecule has 0 aliphatic carbocycles. The highest BCUT2D eigenvalue weighted by atomic mass is 35.5. The van der Waals surface area contributed by atoms with Gasteiger partial charge >= 0.3 is 0 Å². The summed E-state index contributed by atoms with van der Waals surface area (Å²) in [4.78, 5) is 18.8. The summed E-state index contributed by atoms with van der Waals surface area (Å²) in [6, 6.07) is 5.42. The Morgan fingerprint density at radius 1 is 1.24 bits per heavy atom. The van der Waals surface area contributed by atoms with Crippen LogP contribution >= 0.6 is 24.8 Å². The zero-order chi connectivity index (χ0) is 15.9. The first-order valence-electron chi connectivity index (χ1n) is 8.00. The van der Waals surface area contributed by atoms with Crippen LogP contribution in [0, 0.1) is 0 Å². The van der Waals surface area contributed by atoms with E-state index in [4.69, 9.17) is 0 Å². The zero-order valence-corrected chi connectivity index (χ0v) is 15.6. The summed E-state index contributed by atoms with van der Waals surface area (Å²) in [6.45, 7) is 5.95. The summed E-state index contributed by atoms with van der Waals surface area (Å²) in [5, 5.41) is 10.4. The maximum Gasteiger partial charge on any atom is 0.269 e. The van der Waals surface area contributed by atoms with Gasteiger partial charge in [0.2, 0.25) is 0 Å². The minimum atomic E-state index is -0.140. The summed E-state index contributed by atoms with van der Waals surface area (Å²) in [5.74, 6) is -0.140. The van der Waals surface area contributed by atoms with Gasteiger partial charge in [-0.1, -0.05) is 0 Å². The van der Waals surface area contributed by atoms with Crippen LogP contribution in [0.2, 0.25) is 0 Å². The quantitative estimate of drug-likeness (QED) is 0.728. The number of piperazine rings is 1. The Kier molecular flexibility index (Phi) is 9.44. The van der Waals surface area contributed by atoms with E-state index in [1.54, 1.807) is 23.1 Å². The van der Waals surface area contributed by atoms with Crippen LogP contribution < -0.4 is 10.6 Å². The Balaban J connectivity index is 0.00000156. The molecule has 25 heavy (non-hydrogen) atoms. The van der Waals surface area contributed by atoms with Crippen LogP contribution in [0.5, 0.6) is 0 Å². The van der Waals surface area contributed by atoms with E-state index in [1.807, 2.05) is 18.3 Å². The third-order valence-electron chi connectivity index (χ3n) is 3.89. The second-order valence-electron chi connectivity index (χ2n) is 5.55. The average Bonchev–Trinajstić information content (AvgIpc) is 3.14. The Bertz CT molecular complexity index is 631. The van der Waals surface area contributed by atoms with E-state index in [0.717, 1.165) is 44.8 Å². The minimum absolute atomic E-state index is 0. The molecular weight excluding hydrogens is 363 g/mol. The summed E-state index contributed by atoms with van der Waals surface area (Å²) < 4.78 is 1.71. The van der Waals surface area contributed by atoms with Gasteiger partial charge in [0.25, 0.3) is 5.91 Å². The molecule has 1 fully saturated rings. The van der Waals surface area contributed by atoms with Crippen molar-refractivity contribution in [2.75, 3.05) is 39.3 Å². The van der Waals surface area contributed by atoms with Gasteiger partial charge in [0.1, 0.15) is 5.69 Å². The number of carbonyl (C=O) groups excluding carboxylic acids is 1. The van der Waals surface area contributed by atoms with Gasteiger partial charge in [-0.3, -0.25) is 9.78 Å². The monoisotopic (exact) mass is 386 g/mol. The van der Waals surface area contributed by atoms with Gasteiger partial charge in [0.05, 0.1) is 5.69 Å². The third kappa shape index (κ3) is 6.28. The van der Waals surface area contributed by atoms with Crippen LogP contribution in [0.25, 0.3) is 5.69 Å². The molecule has 1 saturated heterocycles. The van der Waals surface area contributed by atoms with Gasteiger partial charge in [0.15, 0.2) is 0 Å². The molecule has 1 aliphatic heterocycles. The van der Waals surface area contributed by atoms with Crippen molar-refractivity contribution in [3.8, 4) is 5.69 Å². The number of nitrogens with one attached hydrogen (secondary N) is 2. The van der Waals surface area contributed by atoms with Crippen molar-refractivity contribution in [3.05, 3.63) is 42.5 Å². The van der Waals surface area contributed by atoms with Gasteiger partial charge in [-0.05, 0) is 31.2 Å². The lowest BCUT2D eigenvalue weighted by atomic mass is 10.3. The van der Waals surface area contributed by atoms with Crippen molar-refractivity contribution < 1.29 is 4.79 Å². The lowest BCUT2D eigenvalue weighted by Crippen LogP contribution is -2.44. The summed E-state index contributed by atoms with van der Waals surface area (Å²) >= 11 is 0. The first-order chi connectivity index (χ1) is 11.3. The van der Waals surface area contributed by atoms with E-state index in [0.29, 0.717) is 12.2 Å². The van der Waals surface area contributed by atoms with Crippen LogP contribution in [0.15, 0.2) is 36.8 Å². The Morgan fingerprint density at radius 2 is 2.04 bits per heavy atom. The van der Waals surface area contributed by atoms with E-state index in [1.165, 1.54) is 0 Å². The minimum Gasteiger partial charge on any atom is -0.351 e. The second-order valence-corrected chi connectivity index (χ2v) is 5.55. The predicted molar refractivity (Wildman–Crippen MR) is 102 cm³/mol. The van der Waals surface area contributed by atoms with Crippen molar-refractivity contribution in [3.63, 3.8) is 0 Å². The van der Waals surface area contributed by atoms with Crippen LogP contribution in [-0.4, -0.2) is 64.8 Å². The van der Waals surface area contributed by atoms with Crippen molar-refractivity contribution in [2.45, 2.75) is 6.42 Å². The molecule has 2 aromatic rings. The fourth-order valence-corrected chi connectivity index (χ4v) is 2.64. The summed E-state index contributed by atoms with van der Waals surface area (Å²) in [7, 11) is 0. The molecule has 1 aliphatic rings. The fraction of sp³-hybridized carbons (Fsp3) is 0.438. The van der Waals surface area contributed by atoms with E-state index >= 15 is 0 Å². The lowest BCUT2D eigenvalue weighted by molar-refractivity contribution is 0.0946. The topological polar surface area (TPSA) is 75.1 Å². The SMILES string of the molecule is Cl.Cl.O=C(NCCCN1CCNCC1)c1cc(-n2cccn2)ccn1. The highest BCUT2D eigenvalue weighted by Gasteiger charge is 2.10. The Labute approximate surface area is 160 Å². The van der Waals surface area contributed by atoms with Crippen LogP contribution in [0.1, 0.15) is 16.9 Å². The number of nitrogens with zero attached hydrogens (tertiary/aromatic N) is 4. The van der Waals surface area contributed by atoms with Crippen molar-refractivity contribution in [2.24, 2.45) is 0 Å². The standard InChI is InChI=1S/C16H22N6O.2ClH/c23-16(19-4-1-9-21-11-7-17-8-12-21)15-13-14(3-6-18-15)22-10-2-5-20-22;;/h2-3,5-6,10,13,17H,1,4,7-9,11-12H2,(H,19,23);2*1H. The first-order valence-corrected chi connectivity index (χ1v) is 8.00. The van der Waals surface area contributed by atoms with Gasteiger partial charge in [-0.2, -0.15) is 5.10 Å². The van der Waals surface area contributed by atoms with Crippen LogP contribution in [0.3, 0.4) is 0 Å². The number of amides is 1. The number of pyridine rings is 1. The molecule has 7 nitrogen and oxygen atoms in total. The maximum absolute atomic E-state index is 12.2. The largest absolute Gasteiger partial charge is 0.351 e. The smallest absolute Gasteiger partial charge is 0.269 e.